The van der Waals surface area contributed by atoms with Crippen molar-refractivity contribution in [2.24, 2.45) is 18.9 Å². The number of rotatable bonds is 4. The van der Waals surface area contributed by atoms with Gasteiger partial charge in [0.1, 0.15) is 5.78 Å². The lowest BCUT2D eigenvalue weighted by molar-refractivity contribution is -0.122. The Morgan fingerprint density at radius 2 is 2.17 bits per heavy atom. The van der Waals surface area contributed by atoms with Crippen LogP contribution in [-0.4, -0.2) is 15.6 Å². The van der Waals surface area contributed by atoms with E-state index >= 15 is 0 Å². The smallest absolute Gasteiger partial charge is 0.142 e. The topological polar surface area (TPSA) is 34.9 Å². The van der Waals surface area contributed by atoms with Gasteiger partial charge in [-0.1, -0.05) is 25.1 Å². The normalized spacial score (nSPS) is 17.0. The molecule has 1 unspecified atom stereocenters. The molecule has 3 nitrogen and oxygen atoms in total. The number of hydrogen-bond donors (Lipinski definition) is 0. The minimum Gasteiger partial charge on any atom is -0.299 e. The molecule has 1 fully saturated rings. The molecule has 1 aromatic carbocycles. The van der Waals surface area contributed by atoms with Crippen LogP contribution in [-0.2, 0) is 18.3 Å². The SMILES string of the molecule is CC(C(=O)Cc1nn(C)c2ccccc12)C1CC1. The van der Waals surface area contributed by atoms with E-state index in [1.807, 2.05) is 36.0 Å². The van der Waals surface area contributed by atoms with Crippen molar-refractivity contribution < 1.29 is 4.79 Å². The summed E-state index contributed by atoms with van der Waals surface area (Å²) in [4.78, 5) is 12.2. The number of fused-ring (bicyclic) bond motifs is 1. The van der Waals surface area contributed by atoms with Crippen LogP contribution in [0.25, 0.3) is 10.9 Å². The fraction of sp³-hybridized carbons (Fsp3) is 0.467. The molecule has 1 saturated carbocycles. The van der Waals surface area contributed by atoms with E-state index < -0.39 is 0 Å². The standard InChI is InChI=1S/C15H18N2O/c1-10(11-7-8-11)15(18)9-13-12-5-3-4-6-14(12)17(2)16-13/h3-6,10-11H,7-9H2,1-2H3. The maximum atomic E-state index is 12.2. The first-order valence-electron chi connectivity index (χ1n) is 6.60. The van der Waals surface area contributed by atoms with Gasteiger partial charge in [0.25, 0.3) is 0 Å². The number of benzene rings is 1. The van der Waals surface area contributed by atoms with Crippen molar-refractivity contribution in [2.75, 3.05) is 0 Å². The fourth-order valence-corrected chi connectivity index (χ4v) is 2.60. The number of aromatic nitrogens is 2. The molecule has 3 heteroatoms. The van der Waals surface area contributed by atoms with E-state index in [4.69, 9.17) is 0 Å². The van der Waals surface area contributed by atoms with E-state index in [-0.39, 0.29) is 5.92 Å². The molecular formula is C15H18N2O. The molecule has 1 atom stereocenters. The second-order valence-electron chi connectivity index (χ2n) is 5.36. The van der Waals surface area contributed by atoms with Crippen LogP contribution < -0.4 is 0 Å². The van der Waals surface area contributed by atoms with Crippen molar-refractivity contribution >= 4 is 16.7 Å². The van der Waals surface area contributed by atoms with Gasteiger partial charge in [-0.05, 0) is 24.8 Å². The van der Waals surface area contributed by atoms with Crippen LogP contribution in [0.5, 0.6) is 0 Å². The van der Waals surface area contributed by atoms with E-state index in [1.54, 1.807) is 0 Å². The molecular weight excluding hydrogens is 224 g/mol. The number of carbonyl (C=O) groups excluding carboxylic acids is 1. The van der Waals surface area contributed by atoms with Crippen molar-refractivity contribution in [3.05, 3.63) is 30.0 Å². The predicted molar refractivity (Wildman–Crippen MR) is 71.3 cm³/mol. The van der Waals surface area contributed by atoms with Gasteiger partial charge >= 0.3 is 0 Å². The monoisotopic (exact) mass is 242 g/mol. The zero-order chi connectivity index (χ0) is 12.7. The van der Waals surface area contributed by atoms with Gasteiger partial charge < -0.3 is 0 Å². The summed E-state index contributed by atoms with van der Waals surface area (Å²) in [6.07, 6.45) is 2.91. The number of carbonyl (C=O) groups is 1. The number of para-hydroxylation sites is 1. The summed E-state index contributed by atoms with van der Waals surface area (Å²) in [5, 5.41) is 5.60. The Morgan fingerprint density at radius 3 is 2.89 bits per heavy atom. The second-order valence-corrected chi connectivity index (χ2v) is 5.36. The zero-order valence-electron chi connectivity index (χ0n) is 10.9. The van der Waals surface area contributed by atoms with Gasteiger partial charge in [-0.25, -0.2) is 0 Å². The minimum atomic E-state index is 0.200. The molecule has 0 amide bonds. The maximum Gasteiger partial charge on any atom is 0.142 e. The molecule has 0 N–H and O–H groups in total. The largest absolute Gasteiger partial charge is 0.299 e. The van der Waals surface area contributed by atoms with Crippen molar-refractivity contribution in [3.8, 4) is 0 Å². The first-order valence-corrected chi connectivity index (χ1v) is 6.60. The maximum absolute atomic E-state index is 12.2. The predicted octanol–water partition coefficient (Wildman–Crippen LogP) is 2.73. The molecule has 1 aromatic heterocycles. The summed E-state index contributed by atoms with van der Waals surface area (Å²) >= 11 is 0. The van der Waals surface area contributed by atoms with Gasteiger partial charge in [-0.15, -0.1) is 0 Å². The quantitative estimate of drug-likeness (QED) is 0.826. The van der Waals surface area contributed by atoms with Crippen LogP contribution in [0.4, 0.5) is 0 Å². The first kappa shape index (κ1) is 11.5. The van der Waals surface area contributed by atoms with Gasteiger partial charge in [0.15, 0.2) is 0 Å². The van der Waals surface area contributed by atoms with E-state index in [1.165, 1.54) is 12.8 Å². The molecule has 0 aliphatic heterocycles. The highest BCUT2D eigenvalue weighted by atomic mass is 16.1. The van der Waals surface area contributed by atoms with Gasteiger partial charge in [-0.2, -0.15) is 5.10 Å². The van der Waals surface area contributed by atoms with E-state index in [0.717, 1.165) is 16.6 Å². The van der Waals surface area contributed by atoms with E-state index in [2.05, 4.69) is 12.0 Å². The second kappa shape index (κ2) is 4.23. The fourth-order valence-electron chi connectivity index (χ4n) is 2.60. The third-order valence-corrected chi connectivity index (χ3v) is 4.01. The summed E-state index contributed by atoms with van der Waals surface area (Å²) in [5.41, 5.74) is 2.02. The Balaban J connectivity index is 1.88. The van der Waals surface area contributed by atoms with E-state index in [0.29, 0.717) is 18.1 Å². The molecule has 18 heavy (non-hydrogen) atoms. The number of ketones is 1. The van der Waals surface area contributed by atoms with Crippen LogP contribution in [0, 0.1) is 11.8 Å². The molecule has 3 rings (SSSR count). The van der Waals surface area contributed by atoms with Crippen LogP contribution >= 0.6 is 0 Å². The molecule has 1 aliphatic rings. The molecule has 1 heterocycles. The summed E-state index contributed by atoms with van der Waals surface area (Å²) in [5.74, 6) is 1.17. The van der Waals surface area contributed by atoms with E-state index in [9.17, 15) is 4.79 Å². The van der Waals surface area contributed by atoms with Crippen LogP contribution in [0.1, 0.15) is 25.5 Å². The third kappa shape index (κ3) is 1.94. The lowest BCUT2D eigenvalue weighted by atomic mass is 9.96. The summed E-state index contributed by atoms with van der Waals surface area (Å²) in [6.45, 7) is 2.06. The van der Waals surface area contributed by atoms with Crippen LogP contribution in [0.15, 0.2) is 24.3 Å². The Morgan fingerprint density at radius 1 is 1.44 bits per heavy atom. The average Bonchev–Trinajstić information content (AvgIpc) is 3.17. The van der Waals surface area contributed by atoms with Gasteiger partial charge in [0, 0.05) is 18.4 Å². The number of nitrogens with zero attached hydrogens (tertiary/aromatic N) is 2. The zero-order valence-corrected chi connectivity index (χ0v) is 10.9. The lowest BCUT2D eigenvalue weighted by Gasteiger charge is -2.07. The van der Waals surface area contributed by atoms with Crippen LogP contribution in [0.3, 0.4) is 0 Å². The minimum absolute atomic E-state index is 0.200. The Kier molecular flexibility index (Phi) is 2.69. The number of hydrogen-bond acceptors (Lipinski definition) is 2. The molecule has 0 radical (unpaired) electrons. The Labute approximate surface area is 107 Å². The number of Topliss-reactive ketones (excluding diaryl/α,β-unsaturated/α-hetero) is 1. The van der Waals surface area contributed by atoms with Gasteiger partial charge in [0.05, 0.1) is 17.6 Å². The van der Waals surface area contributed by atoms with Crippen LogP contribution in [0.2, 0.25) is 0 Å². The lowest BCUT2D eigenvalue weighted by Crippen LogP contribution is -2.16. The Hall–Kier alpha value is -1.64. The third-order valence-electron chi connectivity index (χ3n) is 4.01. The molecule has 2 aromatic rings. The first-order chi connectivity index (χ1) is 8.66. The number of aryl methyl sites for hydroxylation is 1. The molecule has 94 valence electrons. The average molecular weight is 242 g/mol. The molecule has 1 aliphatic carbocycles. The van der Waals surface area contributed by atoms with Gasteiger partial charge in [-0.3, -0.25) is 9.48 Å². The molecule has 0 spiro atoms. The van der Waals surface area contributed by atoms with Crippen molar-refractivity contribution in [3.63, 3.8) is 0 Å². The summed E-state index contributed by atoms with van der Waals surface area (Å²) in [7, 11) is 1.93. The highest BCUT2D eigenvalue weighted by Gasteiger charge is 2.32. The summed E-state index contributed by atoms with van der Waals surface area (Å²) in [6, 6.07) is 8.10. The summed E-state index contributed by atoms with van der Waals surface area (Å²) < 4.78 is 1.86. The molecule has 0 saturated heterocycles. The van der Waals surface area contributed by atoms with Crippen molar-refractivity contribution in [1.82, 2.24) is 9.78 Å². The Bertz CT molecular complexity index is 596. The van der Waals surface area contributed by atoms with Crippen molar-refractivity contribution in [1.29, 1.82) is 0 Å². The van der Waals surface area contributed by atoms with Crippen molar-refractivity contribution in [2.45, 2.75) is 26.2 Å². The van der Waals surface area contributed by atoms with Gasteiger partial charge in [0.2, 0.25) is 0 Å². The molecule has 0 bridgehead atoms. The highest BCUT2D eigenvalue weighted by molar-refractivity contribution is 5.89. The highest BCUT2D eigenvalue weighted by Crippen LogP contribution is 2.37.